The number of hydrogen-bond donors (Lipinski definition) is 2. The van der Waals surface area contributed by atoms with Gasteiger partial charge in [0.05, 0.1) is 19.8 Å². The zero-order chi connectivity index (χ0) is 18.4. The molecule has 152 valence electrons. The number of methoxy groups -OCH3 is 1. The van der Waals surface area contributed by atoms with E-state index in [9.17, 15) is 5.11 Å². The number of aliphatic hydroxyl groups excluding tert-OH is 1. The number of aliphatic hydroxyl groups is 1. The summed E-state index contributed by atoms with van der Waals surface area (Å²) >= 11 is 0. The monoisotopic (exact) mass is 487 g/mol. The first-order chi connectivity index (χ1) is 12.7. The number of benzene rings is 1. The molecule has 0 amide bonds. The van der Waals surface area contributed by atoms with Crippen molar-refractivity contribution >= 4 is 29.9 Å². The Bertz CT molecular complexity index is 609. The van der Waals surface area contributed by atoms with E-state index < -0.39 is 0 Å². The van der Waals surface area contributed by atoms with E-state index in [-0.39, 0.29) is 35.5 Å². The Kier molecular flexibility index (Phi) is 8.66. The van der Waals surface area contributed by atoms with Crippen molar-refractivity contribution in [2.24, 2.45) is 4.99 Å². The predicted molar refractivity (Wildman–Crippen MR) is 121 cm³/mol. The molecule has 6 heteroatoms. The summed E-state index contributed by atoms with van der Waals surface area (Å²) < 4.78 is 5.45. The molecule has 2 N–H and O–H groups in total. The molecule has 1 heterocycles. The minimum Gasteiger partial charge on any atom is -0.497 e. The van der Waals surface area contributed by atoms with Gasteiger partial charge in [-0.1, -0.05) is 25.0 Å². The highest BCUT2D eigenvalue weighted by atomic mass is 127. The molecule has 0 aromatic heterocycles. The molecule has 1 saturated carbocycles. The maximum absolute atomic E-state index is 9.78. The third-order valence-electron chi connectivity index (χ3n) is 5.87. The van der Waals surface area contributed by atoms with Crippen molar-refractivity contribution in [1.82, 2.24) is 10.2 Å². The van der Waals surface area contributed by atoms with Crippen LogP contribution in [-0.4, -0.2) is 55.4 Å². The van der Waals surface area contributed by atoms with Gasteiger partial charge in [-0.15, -0.1) is 24.0 Å². The number of ether oxygens (including phenoxy) is 1. The van der Waals surface area contributed by atoms with E-state index in [1.807, 2.05) is 6.07 Å². The van der Waals surface area contributed by atoms with E-state index in [1.165, 1.54) is 31.2 Å². The highest BCUT2D eigenvalue weighted by molar-refractivity contribution is 14.0. The fourth-order valence-corrected chi connectivity index (χ4v) is 4.27. The van der Waals surface area contributed by atoms with Crippen molar-refractivity contribution in [3.63, 3.8) is 0 Å². The number of nitrogens with one attached hydrogen (secondary N) is 1. The summed E-state index contributed by atoms with van der Waals surface area (Å²) in [6.45, 7) is 5.53. The van der Waals surface area contributed by atoms with Gasteiger partial charge in [0.15, 0.2) is 5.96 Å². The first-order valence-corrected chi connectivity index (χ1v) is 10.0. The first kappa shape index (κ1) is 22.3. The highest BCUT2D eigenvalue weighted by Crippen LogP contribution is 2.42. The minimum absolute atomic E-state index is 0. The van der Waals surface area contributed by atoms with Crippen LogP contribution in [0.15, 0.2) is 29.3 Å². The largest absolute Gasteiger partial charge is 0.497 e. The van der Waals surface area contributed by atoms with E-state index in [0.717, 1.165) is 50.7 Å². The van der Waals surface area contributed by atoms with Crippen LogP contribution in [0.1, 0.15) is 51.0 Å². The molecular formula is C21H34IN3O2. The lowest BCUT2D eigenvalue weighted by molar-refractivity contribution is 0.108. The molecule has 1 aromatic carbocycles. The molecule has 0 bridgehead atoms. The SMILES string of the molecule is CCNC(=NCC1(c2cccc(OC)c2)CCCC1)N1CCC(O)CC1.I. The Morgan fingerprint density at radius 2 is 2.00 bits per heavy atom. The van der Waals surface area contributed by atoms with Crippen LogP contribution in [0.4, 0.5) is 0 Å². The van der Waals surface area contributed by atoms with Gasteiger partial charge in [0.1, 0.15) is 5.75 Å². The summed E-state index contributed by atoms with van der Waals surface area (Å²) in [7, 11) is 1.73. The summed E-state index contributed by atoms with van der Waals surface area (Å²) in [5.41, 5.74) is 1.47. The van der Waals surface area contributed by atoms with Crippen LogP contribution in [0.2, 0.25) is 0 Å². The molecule has 1 aromatic rings. The number of halogens is 1. The Labute approximate surface area is 180 Å². The maximum atomic E-state index is 9.78. The molecule has 5 nitrogen and oxygen atoms in total. The molecule has 3 rings (SSSR count). The smallest absolute Gasteiger partial charge is 0.193 e. The lowest BCUT2D eigenvalue weighted by atomic mass is 9.79. The second-order valence-electron chi connectivity index (χ2n) is 7.61. The third-order valence-corrected chi connectivity index (χ3v) is 5.87. The van der Waals surface area contributed by atoms with Crippen LogP contribution < -0.4 is 10.1 Å². The summed E-state index contributed by atoms with van der Waals surface area (Å²) in [5, 5.41) is 13.2. The minimum atomic E-state index is -0.160. The van der Waals surface area contributed by atoms with Gasteiger partial charge in [0.25, 0.3) is 0 Å². The summed E-state index contributed by atoms with van der Waals surface area (Å²) in [5.74, 6) is 1.92. The third kappa shape index (κ3) is 5.50. The van der Waals surface area contributed by atoms with Gasteiger partial charge in [0, 0.05) is 25.0 Å². The van der Waals surface area contributed by atoms with E-state index in [0.29, 0.717) is 0 Å². The second-order valence-corrected chi connectivity index (χ2v) is 7.61. The zero-order valence-electron chi connectivity index (χ0n) is 16.6. The van der Waals surface area contributed by atoms with Gasteiger partial charge in [-0.3, -0.25) is 4.99 Å². The lowest BCUT2D eigenvalue weighted by Crippen LogP contribution is -2.47. The standard InChI is InChI=1S/C21H33N3O2.HI/c1-3-22-20(24-13-9-18(25)10-14-24)23-16-21(11-4-5-12-21)17-7-6-8-19(15-17)26-2;/h6-8,15,18,25H,3-5,9-14,16H2,1-2H3,(H,22,23);1H. The van der Waals surface area contributed by atoms with Gasteiger partial charge in [-0.25, -0.2) is 0 Å². The maximum Gasteiger partial charge on any atom is 0.193 e. The first-order valence-electron chi connectivity index (χ1n) is 10.0. The van der Waals surface area contributed by atoms with Crippen molar-refractivity contribution in [3.8, 4) is 5.75 Å². The molecular weight excluding hydrogens is 453 g/mol. The van der Waals surface area contributed by atoms with Crippen LogP contribution in [0.25, 0.3) is 0 Å². The highest BCUT2D eigenvalue weighted by Gasteiger charge is 2.36. The van der Waals surface area contributed by atoms with Crippen LogP contribution in [0.3, 0.4) is 0 Å². The van der Waals surface area contributed by atoms with Crippen molar-refractivity contribution < 1.29 is 9.84 Å². The second kappa shape index (κ2) is 10.5. The topological polar surface area (TPSA) is 57.1 Å². The van der Waals surface area contributed by atoms with Gasteiger partial charge in [-0.2, -0.15) is 0 Å². The van der Waals surface area contributed by atoms with Crippen LogP contribution >= 0.6 is 24.0 Å². The fourth-order valence-electron chi connectivity index (χ4n) is 4.27. The number of nitrogens with zero attached hydrogens (tertiary/aromatic N) is 2. The zero-order valence-corrected chi connectivity index (χ0v) is 18.9. The van der Waals surface area contributed by atoms with Gasteiger partial charge in [0.2, 0.25) is 0 Å². The van der Waals surface area contributed by atoms with Crippen LogP contribution in [-0.2, 0) is 5.41 Å². The van der Waals surface area contributed by atoms with E-state index >= 15 is 0 Å². The number of hydrogen-bond acceptors (Lipinski definition) is 3. The fraction of sp³-hybridized carbons (Fsp3) is 0.667. The number of likely N-dealkylation sites (tertiary alicyclic amines) is 1. The molecule has 0 atom stereocenters. The van der Waals surface area contributed by atoms with Crippen LogP contribution in [0, 0.1) is 0 Å². The molecule has 27 heavy (non-hydrogen) atoms. The lowest BCUT2D eigenvalue weighted by Gasteiger charge is -2.34. The summed E-state index contributed by atoms with van der Waals surface area (Å²) in [6.07, 6.45) is 6.38. The van der Waals surface area contributed by atoms with Crippen LogP contribution in [0.5, 0.6) is 5.75 Å². The van der Waals surface area contributed by atoms with Gasteiger partial charge < -0.3 is 20.1 Å². The Morgan fingerprint density at radius 3 is 2.63 bits per heavy atom. The Balaban J connectivity index is 0.00000261. The molecule has 0 spiro atoms. The Morgan fingerprint density at radius 1 is 1.30 bits per heavy atom. The summed E-state index contributed by atoms with van der Waals surface area (Å²) in [6, 6.07) is 8.52. The van der Waals surface area contributed by atoms with Crippen molar-refractivity contribution in [2.75, 3.05) is 33.3 Å². The average Bonchev–Trinajstić information content (AvgIpc) is 3.16. The van der Waals surface area contributed by atoms with Crippen molar-refractivity contribution in [2.45, 2.75) is 57.0 Å². The molecule has 2 fully saturated rings. The van der Waals surface area contributed by atoms with Gasteiger partial charge >= 0.3 is 0 Å². The summed E-state index contributed by atoms with van der Waals surface area (Å²) in [4.78, 5) is 7.35. The molecule has 0 radical (unpaired) electrons. The number of aliphatic imine (C=N–C) groups is 1. The number of rotatable bonds is 5. The molecule has 0 unspecified atom stereocenters. The number of piperidine rings is 1. The predicted octanol–water partition coefficient (Wildman–Crippen LogP) is 3.55. The molecule has 2 aliphatic rings. The molecule has 1 aliphatic heterocycles. The van der Waals surface area contributed by atoms with Crippen molar-refractivity contribution in [3.05, 3.63) is 29.8 Å². The van der Waals surface area contributed by atoms with Gasteiger partial charge in [-0.05, 0) is 50.3 Å². The number of guanidine groups is 1. The molecule has 1 saturated heterocycles. The van der Waals surface area contributed by atoms with Crippen molar-refractivity contribution in [1.29, 1.82) is 0 Å². The quantitative estimate of drug-likeness (QED) is 0.379. The Hall–Kier alpha value is -1.02. The van der Waals surface area contributed by atoms with E-state index in [4.69, 9.17) is 9.73 Å². The normalized spacial score (nSPS) is 20.3. The van der Waals surface area contributed by atoms with E-state index in [2.05, 4.69) is 35.3 Å². The van der Waals surface area contributed by atoms with E-state index in [1.54, 1.807) is 7.11 Å². The average molecular weight is 487 g/mol. The molecule has 1 aliphatic carbocycles.